The number of benzene rings is 1. The van der Waals surface area contributed by atoms with Gasteiger partial charge in [-0.2, -0.15) is 0 Å². The highest BCUT2D eigenvalue weighted by Gasteiger charge is 2.34. The molecule has 1 aromatic rings. The predicted octanol–water partition coefficient (Wildman–Crippen LogP) is 0.650. The van der Waals surface area contributed by atoms with Gasteiger partial charge in [-0.1, -0.05) is 0 Å². The summed E-state index contributed by atoms with van der Waals surface area (Å²) in [4.78, 5) is 13.7. The Bertz CT molecular complexity index is 631. The number of primary sulfonamides is 1. The van der Waals surface area contributed by atoms with E-state index in [-0.39, 0.29) is 29.7 Å². The number of nitrogens with two attached hydrogens (primary N) is 1. The van der Waals surface area contributed by atoms with Gasteiger partial charge in [0.15, 0.2) is 0 Å². The summed E-state index contributed by atoms with van der Waals surface area (Å²) in [6.45, 7) is 3.95. The van der Waals surface area contributed by atoms with Crippen molar-refractivity contribution in [2.45, 2.75) is 20.3 Å². The highest BCUT2D eigenvalue weighted by molar-refractivity contribution is 7.89. The molecule has 1 unspecified atom stereocenters. The number of hydrogen-bond donors (Lipinski definition) is 2. The van der Waals surface area contributed by atoms with E-state index in [9.17, 15) is 18.3 Å². The number of nitrogens with zero attached hydrogens (tertiary/aromatic N) is 1. The molecular weight excluding hydrogens is 280 g/mol. The van der Waals surface area contributed by atoms with Gasteiger partial charge in [0.05, 0.1) is 5.75 Å². The Morgan fingerprint density at radius 2 is 1.90 bits per heavy atom. The lowest BCUT2D eigenvalue weighted by Crippen LogP contribution is -2.28. The maximum atomic E-state index is 12.1. The Balaban J connectivity index is 2.29. The van der Waals surface area contributed by atoms with Crippen molar-refractivity contribution in [3.63, 3.8) is 0 Å². The maximum absolute atomic E-state index is 12.1. The molecule has 1 aromatic carbocycles. The molecule has 1 fully saturated rings. The third kappa shape index (κ3) is 3.10. The van der Waals surface area contributed by atoms with Gasteiger partial charge in [-0.05, 0) is 37.1 Å². The zero-order valence-electron chi connectivity index (χ0n) is 11.5. The van der Waals surface area contributed by atoms with Crippen LogP contribution in [0, 0.1) is 19.8 Å². The number of sulfonamides is 1. The number of aromatic hydroxyl groups is 1. The van der Waals surface area contributed by atoms with Gasteiger partial charge in [-0.15, -0.1) is 0 Å². The monoisotopic (exact) mass is 298 g/mol. The van der Waals surface area contributed by atoms with Crippen molar-refractivity contribution < 1.29 is 18.3 Å². The van der Waals surface area contributed by atoms with Crippen LogP contribution in [0.5, 0.6) is 5.75 Å². The fourth-order valence-electron chi connectivity index (χ4n) is 2.80. The molecule has 1 heterocycles. The van der Waals surface area contributed by atoms with Crippen LogP contribution in [0.15, 0.2) is 12.1 Å². The van der Waals surface area contributed by atoms with Crippen LogP contribution >= 0.6 is 0 Å². The number of carbonyl (C=O) groups excluding carboxylic acids is 1. The first-order valence-electron chi connectivity index (χ1n) is 6.28. The first-order valence-corrected chi connectivity index (χ1v) is 8.00. The zero-order chi connectivity index (χ0) is 15.1. The predicted molar refractivity (Wildman–Crippen MR) is 76.0 cm³/mol. The van der Waals surface area contributed by atoms with Gasteiger partial charge >= 0.3 is 0 Å². The smallest absolute Gasteiger partial charge is 0.227 e. The Morgan fingerprint density at radius 1 is 1.35 bits per heavy atom. The quantitative estimate of drug-likeness (QED) is 0.855. The van der Waals surface area contributed by atoms with E-state index in [2.05, 4.69) is 0 Å². The lowest BCUT2D eigenvalue weighted by Gasteiger charge is -2.21. The second-order valence-corrected chi connectivity index (χ2v) is 6.99. The first kappa shape index (κ1) is 14.8. The third-order valence-electron chi connectivity index (χ3n) is 3.42. The molecule has 0 aliphatic carbocycles. The van der Waals surface area contributed by atoms with Gasteiger partial charge in [-0.25, -0.2) is 13.6 Å². The van der Waals surface area contributed by atoms with Crippen molar-refractivity contribution in [3.05, 3.63) is 23.3 Å². The molecule has 2 rings (SSSR count). The lowest BCUT2D eigenvalue weighted by atomic mass is 10.1. The normalized spacial score (nSPS) is 19.6. The fourth-order valence-corrected chi connectivity index (χ4v) is 3.68. The number of rotatable bonds is 3. The van der Waals surface area contributed by atoms with Crippen molar-refractivity contribution in [1.82, 2.24) is 0 Å². The number of carbonyl (C=O) groups is 1. The summed E-state index contributed by atoms with van der Waals surface area (Å²) in [6.07, 6.45) is 0.177. The van der Waals surface area contributed by atoms with Crippen molar-refractivity contribution in [2.75, 3.05) is 17.2 Å². The zero-order valence-corrected chi connectivity index (χ0v) is 12.3. The molecule has 0 bridgehead atoms. The molecule has 1 aliphatic rings. The third-order valence-corrected chi connectivity index (χ3v) is 4.35. The summed E-state index contributed by atoms with van der Waals surface area (Å²) in [5.41, 5.74) is 2.31. The molecule has 0 radical (unpaired) electrons. The standard InChI is InChI=1S/C13H18N2O4S/c1-8-3-11(16)4-9(2)13(8)15-6-10(5-12(15)17)7-20(14,18)19/h3-4,10,16H,5-7H2,1-2H3,(H2,14,18,19). The second kappa shape index (κ2) is 5.06. The molecule has 110 valence electrons. The number of phenols is 1. The van der Waals surface area contributed by atoms with E-state index < -0.39 is 10.0 Å². The van der Waals surface area contributed by atoms with Gasteiger partial charge in [-0.3, -0.25) is 4.79 Å². The van der Waals surface area contributed by atoms with Crippen LogP contribution in [0.25, 0.3) is 0 Å². The molecule has 0 saturated carbocycles. The number of aryl methyl sites for hydroxylation is 2. The van der Waals surface area contributed by atoms with Gasteiger partial charge in [0.1, 0.15) is 5.75 Å². The largest absolute Gasteiger partial charge is 0.508 e. The van der Waals surface area contributed by atoms with E-state index in [0.29, 0.717) is 6.54 Å². The van der Waals surface area contributed by atoms with Crippen molar-refractivity contribution in [3.8, 4) is 5.75 Å². The molecule has 1 atom stereocenters. The summed E-state index contributed by atoms with van der Waals surface area (Å²) in [5, 5.41) is 14.6. The number of phenolic OH excluding ortho intramolecular Hbond substituents is 1. The molecular formula is C13H18N2O4S. The highest BCUT2D eigenvalue weighted by atomic mass is 32.2. The number of hydrogen-bond acceptors (Lipinski definition) is 4. The van der Waals surface area contributed by atoms with Gasteiger partial charge < -0.3 is 10.0 Å². The van der Waals surface area contributed by atoms with Gasteiger partial charge in [0, 0.05) is 24.6 Å². The van der Waals surface area contributed by atoms with Crippen LogP contribution in [0.4, 0.5) is 5.69 Å². The molecule has 6 nitrogen and oxygen atoms in total. The molecule has 3 N–H and O–H groups in total. The van der Waals surface area contributed by atoms with Crippen molar-refractivity contribution in [2.24, 2.45) is 11.1 Å². The van der Waals surface area contributed by atoms with Crippen LogP contribution in [0.3, 0.4) is 0 Å². The molecule has 1 saturated heterocycles. The molecule has 20 heavy (non-hydrogen) atoms. The van der Waals surface area contributed by atoms with Crippen LogP contribution < -0.4 is 10.0 Å². The SMILES string of the molecule is Cc1cc(O)cc(C)c1N1CC(CS(N)(=O)=O)CC1=O. The Kier molecular flexibility index (Phi) is 3.75. The van der Waals surface area contributed by atoms with E-state index in [1.165, 1.54) is 0 Å². The molecule has 0 spiro atoms. The molecule has 0 aromatic heterocycles. The average molecular weight is 298 g/mol. The minimum atomic E-state index is -3.58. The molecule has 1 aliphatic heterocycles. The first-order chi connectivity index (χ1) is 9.17. The summed E-state index contributed by atoms with van der Waals surface area (Å²) in [6, 6.07) is 3.17. The minimum absolute atomic E-state index is 0.115. The minimum Gasteiger partial charge on any atom is -0.508 e. The van der Waals surface area contributed by atoms with Crippen molar-refractivity contribution in [1.29, 1.82) is 0 Å². The summed E-state index contributed by atoms with van der Waals surface area (Å²) in [7, 11) is -3.58. The van der Waals surface area contributed by atoms with Gasteiger partial charge in [0.2, 0.25) is 15.9 Å². The van der Waals surface area contributed by atoms with Crippen molar-refractivity contribution >= 4 is 21.6 Å². The van der Waals surface area contributed by atoms with Crippen LogP contribution in [0.2, 0.25) is 0 Å². The number of amides is 1. The maximum Gasteiger partial charge on any atom is 0.227 e. The average Bonchev–Trinajstić information content (AvgIpc) is 2.55. The van der Waals surface area contributed by atoms with Crippen LogP contribution in [-0.2, 0) is 14.8 Å². The van der Waals surface area contributed by atoms with E-state index in [1.807, 2.05) is 13.8 Å². The fraction of sp³-hybridized carbons (Fsp3) is 0.462. The van der Waals surface area contributed by atoms with Crippen LogP contribution in [-0.4, -0.2) is 31.7 Å². The summed E-state index contributed by atoms with van der Waals surface area (Å²) in [5.74, 6) is -0.442. The van der Waals surface area contributed by atoms with Gasteiger partial charge in [0.25, 0.3) is 0 Å². The Labute approximate surface area is 118 Å². The molecule has 7 heteroatoms. The summed E-state index contributed by atoms with van der Waals surface area (Å²) < 4.78 is 22.3. The molecule has 1 amide bonds. The Morgan fingerprint density at radius 3 is 2.40 bits per heavy atom. The van der Waals surface area contributed by atoms with E-state index >= 15 is 0 Å². The van der Waals surface area contributed by atoms with E-state index in [4.69, 9.17) is 5.14 Å². The lowest BCUT2D eigenvalue weighted by molar-refractivity contribution is -0.117. The van der Waals surface area contributed by atoms with E-state index in [1.54, 1.807) is 17.0 Å². The highest BCUT2D eigenvalue weighted by Crippen LogP contribution is 2.33. The topological polar surface area (TPSA) is 101 Å². The number of anilines is 1. The van der Waals surface area contributed by atoms with Crippen LogP contribution in [0.1, 0.15) is 17.5 Å². The van der Waals surface area contributed by atoms with E-state index in [0.717, 1.165) is 16.8 Å². The summed E-state index contributed by atoms with van der Waals surface area (Å²) >= 11 is 0. The Hall–Kier alpha value is -1.60. The second-order valence-electron chi connectivity index (χ2n) is 5.33.